The Morgan fingerprint density at radius 3 is 2.84 bits per heavy atom. The van der Waals surface area contributed by atoms with E-state index in [1.807, 2.05) is 24.3 Å². The highest BCUT2D eigenvalue weighted by molar-refractivity contribution is 6.13. The molecule has 0 saturated carbocycles. The Bertz CT molecular complexity index is 651. The third-order valence-corrected chi connectivity index (χ3v) is 4.22. The second-order valence-corrected chi connectivity index (χ2v) is 5.46. The molecule has 3 aliphatic rings. The number of carbonyl (C=O) groups excluding carboxylic acids is 2. The van der Waals surface area contributed by atoms with Crippen molar-refractivity contribution >= 4 is 17.4 Å². The maximum atomic E-state index is 12.6. The van der Waals surface area contributed by atoms with Crippen LogP contribution >= 0.6 is 0 Å². The van der Waals surface area contributed by atoms with Gasteiger partial charge >= 0.3 is 0 Å². The zero-order valence-electron chi connectivity index (χ0n) is 10.6. The van der Waals surface area contributed by atoms with E-state index in [1.54, 1.807) is 24.0 Å². The summed E-state index contributed by atoms with van der Waals surface area (Å²) < 4.78 is 6.03. The van der Waals surface area contributed by atoms with Crippen molar-refractivity contribution in [2.75, 3.05) is 4.90 Å². The number of carbonyl (C=O) groups is 2. The molecule has 4 heteroatoms. The third-order valence-electron chi connectivity index (χ3n) is 4.22. The predicted octanol–water partition coefficient (Wildman–Crippen LogP) is 2.05. The summed E-state index contributed by atoms with van der Waals surface area (Å²) in [5.74, 6) is -0.0746. The Morgan fingerprint density at radius 2 is 2.00 bits per heavy atom. The van der Waals surface area contributed by atoms with Crippen LogP contribution in [0.15, 0.2) is 36.4 Å². The highest BCUT2D eigenvalue weighted by atomic mass is 16.6. The van der Waals surface area contributed by atoms with E-state index < -0.39 is 11.3 Å². The van der Waals surface area contributed by atoms with E-state index in [9.17, 15) is 9.59 Å². The Balaban J connectivity index is 2.05. The van der Waals surface area contributed by atoms with E-state index in [0.717, 1.165) is 0 Å². The number of nitrogens with zero attached hydrogens (tertiary/aromatic N) is 1. The van der Waals surface area contributed by atoms with Gasteiger partial charge in [-0.05, 0) is 31.2 Å². The van der Waals surface area contributed by atoms with Gasteiger partial charge in [0.2, 0.25) is 11.7 Å². The van der Waals surface area contributed by atoms with Crippen molar-refractivity contribution in [3.63, 3.8) is 0 Å². The topological polar surface area (TPSA) is 46.6 Å². The maximum absolute atomic E-state index is 12.6. The van der Waals surface area contributed by atoms with E-state index in [2.05, 4.69) is 0 Å². The van der Waals surface area contributed by atoms with E-state index in [4.69, 9.17) is 4.74 Å². The lowest BCUT2D eigenvalue weighted by Gasteiger charge is -2.33. The van der Waals surface area contributed by atoms with Gasteiger partial charge < -0.3 is 4.74 Å². The third kappa shape index (κ3) is 1.17. The van der Waals surface area contributed by atoms with Crippen LogP contribution in [0.4, 0.5) is 5.69 Å². The first-order chi connectivity index (χ1) is 9.06. The fourth-order valence-corrected chi connectivity index (χ4v) is 3.29. The molecule has 0 aromatic heterocycles. The largest absolute Gasteiger partial charge is 0.333 e. The molecule has 19 heavy (non-hydrogen) atoms. The molecule has 0 N–H and O–H groups in total. The zero-order chi connectivity index (χ0) is 13.3. The summed E-state index contributed by atoms with van der Waals surface area (Å²) in [6.45, 7) is 1.77. The number of anilines is 1. The average molecular weight is 255 g/mol. The summed E-state index contributed by atoms with van der Waals surface area (Å²) in [6, 6.07) is 7.24. The highest BCUT2D eigenvalue weighted by Gasteiger charge is 2.57. The molecule has 4 rings (SSSR count). The monoisotopic (exact) mass is 255 g/mol. The Hall–Kier alpha value is -1.94. The van der Waals surface area contributed by atoms with Gasteiger partial charge in [-0.25, -0.2) is 0 Å². The molecule has 0 aliphatic carbocycles. The lowest BCUT2D eigenvalue weighted by molar-refractivity contribution is -0.119. The quantitative estimate of drug-likeness (QED) is 0.666. The molecule has 96 valence electrons. The van der Waals surface area contributed by atoms with Crippen molar-refractivity contribution in [1.29, 1.82) is 0 Å². The summed E-state index contributed by atoms with van der Waals surface area (Å²) in [5.41, 5.74) is -0.502. The standard InChI is InChI=1S/C15H13NO3/c1-14-8-9-15(19-14)7-6-12(17)16(15)11-5-3-2-4-10(11)13(14)18/h2-5,8-9H,6-7H2,1H3/t14-,15-/m0/s1. The van der Waals surface area contributed by atoms with Crippen molar-refractivity contribution in [3.05, 3.63) is 42.0 Å². The van der Waals surface area contributed by atoms with Crippen molar-refractivity contribution in [2.24, 2.45) is 0 Å². The molecule has 1 saturated heterocycles. The number of benzene rings is 1. The molecule has 1 fully saturated rings. The lowest BCUT2D eigenvalue weighted by atomic mass is 9.93. The van der Waals surface area contributed by atoms with Crippen LogP contribution in [0, 0.1) is 0 Å². The van der Waals surface area contributed by atoms with Crippen molar-refractivity contribution in [3.8, 4) is 0 Å². The maximum Gasteiger partial charge on any atom is 0.229 e. The molecule has 4 nitrogen and oxygen atoms in total. The SMILES string of the molecule is C[C@]12C=C[C@]3(CCC(=O)N3c3ccccc3C1=O)O2. The van der Waals surface area contributed by atoms with Gasteiger partial charge in [-0.15, -0.1) is 0 Å². The Morgan fingerprint density at radius 1 is 1.21 bits per heavy atom. The van der Waals surface area contributed by atoms with Gasteiger partial charge in [-0.3, -0.25) is 14.5 Å². The number of fused-ring (bicyclic) bond motifs is 3. The average Bonchev–Trinajstić information content (AvgIpc) is 2.89. The summed E-state index contributed by atoms with van der Waals surface area (Å²) >= 11 is 0. The first kappa shape index (κ1) is 10.9. The fourth-order valence-electron chi connectivity index (χ4n) is 3.29. The fraction of sp³-hybridized carbons (Fsp3) is 0.333. The highest BCUT2D eigenvalue weighted by Crippen LogP contribution is 2.49. The van der Waals surface area contributed by atoms with Crippen LogP contribution in [0.2, 0.25) is 0 Å². The van der Waals surface area contributed by atoms with Crippen molar-refractivity contribution in [2.45, 2.75) is 31.1 Å². The zero-order valence-corrected chi connectivity index (χ0v) is 10.6. The molecule has 1 aromatic rings. The number of ketones is 1. The number of amides is 1. The molecule has 1 spiro atoms. The van der Waals surface area contributed by atoms with Gasteiger partial charge in [0.15, 0.2) is 5.72 Å². The summed E-state index contributed by atoms with van der Waals surface area (Å²) in [4.78, 5) is 26.5. The second-order valence-electron chi connectivity index (χ2n) is 5.46. The van der Waals surface area contributed by atoms with E-state index in [1.165, 1.54) is 0 Å². The summed E-state index contributed by atoms with van der Waals surface area (Å²) in [7, 11) is 0. The predicted molar refractivity (Wildman–Crippen MR) is 68.9 cm³/mol. The molecule has 1 aromatic carbocycles. The van der Waals surface area contributed by atoms with Crippen molar-refractivity contribution < 1.29 is 14.3 Å². The van der Waals surface area contributed by atoms with Gasteiger partial charge in [-0.1, -0.05) is 12.1 Å². The molecule has 3 heterocycles. The molecular formula is C15H13NO3. The van der Waals surface area contributed by atoms with E-state index in [0.29, 0.717) is 24.1 Å². The van der Waals surface area contributed by atoms with Crippen LogP contribution in [-0.4, -0.2) is 23.0 Å². The Labute approximate surface area is 110 Å². The molecule has 0 radical (unpaired) electrons. The van der Waals surface area contributed by atoms with Crippen LogP contribution in [-0.2, 0) is 9.53 Å². The van der Waals surface area contributed by atoms with Crippen LogP contribution in [0.3, 0.4) is 0 Å². The van der Waals surface area contributed by atoms with Crippen LogP contribution in [0.1, 0.15) is 30.1 Å². The van der Waals surface area contributed by atoms with E-state index >= 15 is 0 Å². The van der Waals surface area contributed by atoms with Gasteiger partial charge in [0.05, 0.1) is 5.69 Å². The number of Topliss-reactive ketones (excluding diaryl/α,β-unsaturated/α-hetero) is 1. The smallest absolute Gasteiger partial charge is 0.229 e. The number of para-hydroxylation sites is 1. The molecule has 3 aliphatic heterocycles. The van der Waals surface area contributed by atoms with Gasteiger partial charge in [-0.2, -0.15) is 0 Å². The minimum absolute atomic E-state index is 0.0102. The molecule has 1 amide bonds. The number of hydrogen-bond acceptors (Lipinski definition) is 3. The van der Waals surface area contributed by atoms with E-state index in [-0.39, 0.29) is 11.7 Å². The van der Waals surface area contributed by atoms with Crippen LogP contribution in [0.5, 0.6) is 0 Å². The Kier molecular flexibility index (Phi) is 1.81. The van der Waals surface area contributed by atoms with Gasteiger partial charge in [0, 0.05) is 18.4 Å². The number of rotatable bonds is 0. The van der Waals surface area contributed by atoms with Gasteiger partial charge in [0.1, 0.15) is 5.60 Å². The normalized spacial score (nSPS) is 35.3. The van der Waals surface area contributed by atoms with Crippen LogP contribution < -0.4 is 4.90 Å². The molecule has 0 unspecified atom stereocenters. The number of hydrogen-bond donors (Lipinski definition) is 0. The first-order valence-corrected chi connectivity index (χ1v) is 6.43. The number of ether oxygens (including phenoxy) is 1. The van der Waals surface area contributed by atoms with Crippen molar-refractivity contribution in [1.82, 2.24) is 0 Å². The summed E-state index contributed by atoms with van der Waals surface area (Å²) in [6.07, 6.45) is 4.70. The molecule has 2 bridgehead atoms. The molecular weight excluding hydrogens is 242 g/mol. The van der Waals surface area contributed by atoms with Gasteiger partial charge in [0.25, 0.3) is 0 Å². The lowest BCUT2D eigenvalue weighted by Crippen LogP contribution is -2.47. The first-order valence-electron chi connectivity index (χ1n) is 6.43. The second kappa shape index (κ2) is 3.14. The molecule has 2 atom stereocenters. The minimum atomic E-state index is -0.963. The minimum Gasteiger partial charge on any atom is -0.333 e. The van der Waals surface area contributed by atoms with Crippen LogP contribution in [0.25, 0.3) is 0 Å². The summed E-state index contributed by atoms with van der Waals surface area (Å²) in [5, 5.41) is 0.